The molecule has 6 aromatic rings. The van der Waals surface area contributed by atoms with Crippen LogP contribution in [0, 0.1) is 0 Å². The smallest absolute Gasteiger partial charge is 0.186 e. The molecule has 0 radical (unpaired) electrons. The molecule has 0 N–H and O–H groups in total. The summed E-state index contributed by atoms with van der Waals surface area (Å²) in [4.78, 5) is 8.12. The number of nitrogens with zero attached hydrogens (tertiary/aromatic N) is 4. The molecular formula is C46H50N4O2S. The van der Waals surface area contributed by atoms with Gasteiger partial charge in [-0.05, 0) is 81.9 Å². The molecular weight excluding hydrogens is 673 g/mol. The van der Waals surface area contributed by atoms with Crippen molar-refractivity contribution in [1.82, 2.24) is 0 Å². The van der Waals surface area contributed by atoms with E-state index in [9.17, 15) is 0 Å². The van der Waals surface area contributed by atoms with Gasteiger partial charge >= 0.3 is 0 Å². The second kappa shape index (κ2) is 14.8. The molecule has 6 aromatic carbocycles. The topological polar surface area (TPSA) is 47.1 Å². The highest BCUT2D eigenvalue weighted by atomic mass is 32.2. The Morgan fingerprint density at radius 3 is 0.679 bits per heavy atom. The minimum atomic E-state index is -4.49. The second-order valence-electron chi connectivity index (χ2n) is 14.4. The first kappa shape index (κ1) is 37.2. The SMILES string of the molecule is CN(C)c1ccc(C(c2ccccc2)(c2ccc(N(C)C)cc2)S(=O)(=O)C(c2ccccc2)(c2ccc(N(C)C)cc2)c2ccc(N(C)C)cc2)cc1. The van der Waals surface area contributed by atoms with E-state index in [0.717, 1.165) is 22.7 Å². The molecule has 7 heteroatoms. The molecule has 0 aliphatic heterocycles. The summed E-state index contributed by atoms with van der Waals surface area (Å²) < 4.78 is 31.3. The van der Waals surface area contributed by atoms with Crippen LogP contribution in [0.3, 0.4) is 0 Å². The van der Waals surface area contributed by atoms with E-state index in [1.54, 1.807) is 0 Å². The molecule has 0 aliphatic rings. The van der Waals surface area contributed by atoms with Crippen molar-refractivity contribution in [3.8, 4) is 0 Å². The molecule has 0 unspecified atom stereocenters. The van der Waals surface area contributed by atoms with E-state index < -0.39 is 19.3 Å². The van der Waals surface area contributed by atoms with E-state index in [4.69, 9.17) is 0 Å². The van der Waals surface area contributed by atoms with E-state index >= 15 is 8.42 Å². The lowest BCUT2D eigenvalue weighted by Gasteiger charge is -2.45. The highest BCUT2D eigenvalue weighted by Gasteiger charge is 2.61. The fraction of sp³-hybridized carbons (Fsp3) is 0.217. The molecule has 0 saturated heterocycles. The summed E-state index contributed by atoms with van der Waals surface area (Å²) in [5.74, 6) is 0. The molecule has 0 spiro atoms. The lowest BCUT2D eigenvalue weighted by molar-refractivity contribution is 0.547. The standard InChI is InChI=1S/C46H50N4O2S/c1-47(2)41-27-19-37(20-28-41)45(35-15-11-9-12-16-35,38-21-29-42(30-22-38)48(3)4)53(51,52)46(36-17-13-10-14-18-36,39-23-31-43(32-24-39)49(5)6)40-25-33-44(34-26-40)50(7)8/h9-34H,1-8H3. The maximum Gasteiger partial charge on any atom is 0.186 e. The van der Waals surface area contributed by atoms with Gasteiger partial charge in [-0.25, -0.2) is 8.42 Å². The zero-order chi connectivity index (χ0) is 38.0. The van der Waals surface area contributed by atoms with Crippen molar-refractivity contribution in [2.24, 2.45) is 0 Å². The van der Waals surface area contributed by atoms with E-state index in [1.807, 2.05) is 234 Å². The second-order valence-corrected chi connectivity index (χ2v) is 16.6. The van der Waals surface area contributed by atoms with Gasteiger partial charge in [0.05, 0.1) is 0 Å². The number of sulfone groups is 1. The lowest BCUT2D eigenvalue weighted by Crippen LogP contribution is -2.51. The van der Waals surface area contributed by atoms with Crippen LogP contribution in [0.4, 0.5) is 22.7 Å². The van der Waals surface area contributed by atoms with Crippen LogP contribution in [0.5, 0.6) is 0 Å². The minimum absolute atomic E-state index is 0.655. The Bertz CT molecular complexity index is 1960. The molecule has 0 fully saturated rings. The van der Waals surface area contributed by atoms with Gasteiger partial charge in [-0.1, -0.05) is 109 Å². The van der Waals surface area contributed by atoms with E-state index in [-0.39, 0.29) is 0 Å². The van der Waals surface area contributed by atoms with E-state index in [2.05, 4.69) is 0 Å². The van der Waals surface area contributed by atoms with E-state index in [0.29, 0.717) is 33.4 Å². The number of anilines is 4. The molecule has 0 heterocycles. The summed E-state index contributed by atoms with van der Waals surface area (Å²) >= 11 is 0. The van der Waals surface area contributed by atoms with Gasteiger partial charge in [0.1, 0.15) is 9.49 Å². The van der Waals surface area contributed by atoms with Crippen molar-refractivity contribution < 1.29 is 8.42 Å². The molecule has 0 saturated carbocycles. The predicted molar refractivity (Wildman–Crippen MR) is 225 cm³/mol. The highest BCUT2D eigenvalue weighted by molar-refractivity contribution is 7.94. The van der Waals surface area contributed by atoms with Gasteiger partial charge < -0.3 is 19.6 Å². The van der Waals surface area contributed by atoms with Crippen LogP contribution in [0.15, 0.2) is 158 Å². The van der Waals surface area contributed by atoms with Crippen molar-refractivity contribution in [3.05, 3.63) is 191 Å². The average Bonchev–Trinajstić information content (AvgIpc) is 3.17. The maximum absolute atomic E-state index is 17.3. The molecule has 6 nitrogen and oxygen atoms in total. The van der Waals surface area contributed by atoms with Crippen LogP contribution >= 0.6 is 0 Å². The van der Waals surface area contributed by atoms with Gasteiger partial charge in [0.2, 0.25) is 0 Å². The quantitative estimate of drug-likeness (QED) is 0.118. The van der Waals surface area contributed by atoms with Gasteiger partial charge in [-0.2, -0.15) is 0 Å². The fourth-order valence-electron chi connectivity index (χ4n) is 7.48. The normalized spacial score (nSPS) is 11.9. The minimum Gasteiger partial charge on any atom is -0.378 e. The maximum atomic E-state index is 17.3. The van der Waals surface area contributed by atoms with Crippen LogP contribution < -0.4 is 19.6 Å². The Kier molecular flexibility index (Phi) is 10.4. The first-order chi connectivity index (χ1) is 25.3. The zero-order valence-electron chi connectivity index (χ0n) is 32.0. The Labute approximate surface area is 316 Å². The average molecular weight is 723 g/mol. The largest absolute Gasteiger partial charge is 0.378 e. The van der Waals surface area contributed by atoms with Gasteiger partial charge in [0.15, 0.2) is 9.84 Å². The number of rotatable bonds is 12. The van der Waals surface area contributed by atoms with Crippen LogP contribution in [0.25, 0.3) is 0 Å². The van der Waals surface area contributed by atoms with Crippen LogP contribution in [0.2, 0.25) is 0 Å². The first-order valence-corrected chi connectivity index (χ1v) is 19.3. The third-order valence-electron chi connectivity index (χ3n) is 10.3. The third kappa shape index (κ3) is 6.33. The van der Waals surface area contributed by atoms with Crippen molar-refractivity contribution >= 4 is 32.6 Å². The number of hydrogen-bond donors (Lipinski definition) is 0. The van der Waals surface area contributed by atoms with E-state index in [1.165, 1.54) is 0 Å². The van der Waals surface area contributed by atoms with Gasteiger partial charge in [0.25, 0.3) is 0 Å². The van der Waals surface area contributed by atoms with Crippen molar-refractivity contribution in [1.29, 1.82) is 0 Å². The number of benzene rings is 6. The van der Waals surface area contributed by atoms with Crippen LogP contribution in [-0.2, 0) is 19.3 Å². The van der Waals surface area contributed by atoms with Gasteiger partial charge in [0, 0.05) is 79.1 Å². The van der Waals surface area contributed by atoms with Crippen LogP contribution in [0.1, 0.15) is 33.4 Å². The summed E-state index contributed by atoms with van der Waals surface area (Å²) in [6, 6.07) is 51.4. The van der Waals surface area contributed by atoms with Crippen molar-refractivity contribution in [2.75, 3.05) is 76.0 Å². The molecule has 0 amide bonds. The first-order valence-electron chi connectivity index (χ1n) is 17.8. The molecule has 272 valence electrons. The summed E-state index contributed by atoms with van der Waals surface area (Å²) in [6.45, 7) is 0. The summed E-state index contributed by atoms with van der Waals surface area (Å²) in [5, 5.41) is 0. The van der Waals surface area contributed by atoms with Gasteiger partial charge in [-0.3, -0.25) is 0 Å². The molecule has 0 atom stereocenters. The fourth-order valence-corrected chi connectivity index (χ4v) is 10.6. The van der Waals surface area contributed by atoms with Crippen molar-refractivity contribution in [2.45, 2.75) is 9.49 Å². The van der Waals surface area contributed by atoms with Crippen LogP contribution in [-0.4, -0.2) is 64.8 Å². The van der Waals surface area contributed by atoms with Gasteiger partial charge in [-0.15, -0.1) is 0 Å². The monoisotopic (exact) mass is 722 g/mol. The molecule has 0 aromatic heterocycles. The molecule has 0 aliphatic carbocycles. The Morgan fingerprint density at radius 1 is 0.302 bits per heavy atom. The molecule has 6 rings (SSSR count). The summed E-state index contributed by atoms with van der Waals surface area (Å²) in [5.41, 5.74) is 7.84. The molecule has 53 heavy (non-hydrogen) atoms. The third-order valence-corrected chi connectivity index (χ3v) is 13.4. The number of hydrogen-bond acceptors (Lipinski definition) is 6. The predicted octanol–water partition coefficient (Wildman–Crippen LogP) is 8.65. The Morgan fingerprint density at radius 2 is 0.491 bits per heavy atom. The summed E-state index contributed by atoms with van der Waals surface area (Å²) in [7, 11) is 11.4. The highest BCUT2D eigenvalue weighted by Crippen LogP contribution is 2.57. The molecule has 0 bridgehead atoms. The lowest BCUT2D eigenvalue weighted by atomic mass is 9.82. The Balaban J connectivity index is 1.86. The van der Waals surface area contributed by atoms with Crippen molar-refractivity contribution in [3.63, 3.8) is 0 Å². The zero-order valence-corrected chi connectivity index (χ0v) is 32.8. The Hall–Kier alpha value is -5.53. The summed E-state index contributed by atoms with van der Waals surface area (Å²) in [6.07, 6.45) is 0.